The van der Waals surface area contributed by atoms with E-state index >= 15 is 4.39 Å². The lowest BCUT2D eigenvalue weighted by atomic mass is 9.96. The third-order valence-corrected chi connectivity index (χ3v) is 10.5. The van der Waals surface area contributed by atoms with Crippen LogP contribution in [-0.2, 0) is 13.1 Å². The summed E-state index contributed by atoms with van der Waals surface area (Å²) in [6, 6.07) is 9.65. The van der Waals surface area contributed by atoms with Crippen LogP contribution in [0.1, 0.15) is 48.9 Å². The predicted molar refractivity (Wildman–Crippen MR) is 187 cm³/mol. The second-order valence-corrected chi connectivity index (χ2v) is 13.7. The van der Waals surface area contributed by atoms with Crippen LogP contribution < -0.4 is 25.1 Å². The van der Waals surface area contributed by atoms with Crippen molar-refractivity contribution in [2.45, 2.75) is 51.4 Å². The molecular formula is C36H41FN6O3S. The third kappa shape index (κ3) is 6.30. The number of hydrogen-bond acceptors (Lipinski definition) is 9. The summed E-state index contributed by atoms with van der Waals surface area (Å²) >= 11 is 1.84. The first-order valence-corrected chi connectivity index (χ1v) is 17.5. The lowest BCUT2D eigenvalue weighted by Crippen LogP contribution is -2.48. The Morgan fingerprint density at radius 1 is 1.21 bits per heavy atom. The Labute approximate surface area is 278 Å². The summed E-state index contributed by atoms with van der Waals surface area (Å²) in [6.07, 6.45) is 10.5. The molecule has 1 aromatic carbocycles. The zero-order valence-corrected chi connectivity index (χ0v) is 28.0. The van der Waals surface area contributed by atoms with E-state index < -0.39 is 0 Å². The van der Waals surface area contributed by atoms with Crippen molar-refractivity contribution in [3.63, 3.8) is 0 Å². The van der Waals surface area contributed by atoms with E-state index in [9.17, 15) is 4.79 Å². The molecule has 246 valence electrons. The quantitative estimate of drug-likeness (QED) is 0.229. The van der Waals surface area contributed by atoms with E-state index in [-0.39, 0.29) is 23.3 Å². The van der Waals surface area contributed by atoms with Crippen molar-refractivity contribution in [2.24, 2.45) is 0 Å². The highest BCUT2D eigenvalue weighted by Gasteiger charge is 2.31. The lowest BCUT2D eigenvalue weighted by molar-refractivity contribution is 0.157. The fourth-order valence-corrected chi connectivity index (χ4v) is 7.93. The molecule has 9 nitrogen and oxygen atoms in total. The fraction of sp³-hybridized carbons (Fsp3) is 0.417. The SMILES string of the molecule is CNc1ccc(N2CCCC(N(Cc3ccnc(OC)c3)Cc3cn4c5c(c(C6=CCSCC6)c(F)cc5c3=O)OCC4C)C2)cn1. The maximum absolute atomic E-state index is 16.0. The van der Waals surface area contributed by atoms with Gasteiger partial charge in [0.2, 0.25) is 5.88 Å². The summed E-state index contributed by atoms with van der Waals surface area (Å²) < 4.78 is 29.8. The van der Waals surface area contributed by atoms with Crippen molar-refractivity contribution < 1.29 is 13.9 Å². The number of piperidine rings is 1. The van der Waals surface area contributed by atoms with Crippen molar-refractivity contribution in [1.82, 2.24) is 19.4 Å². The van der Waals surface area contributed by atoms with Gasteiger partial charge < -0.3 is 24.3 Å². The molecule has 2 atom stereocenters. The van der Waals surface area contributed by atoms with Gasteiger partial charge >= 0.3 is 0 Å². The minimum absolute atomic E-state index is 0.00489. The number of nitrogens with zero attached hydrogens (tertiary/aromatic N) is 5. The van der Waals surface area contributed by atoms with Crippen LogP contribution in [-0.4, -0.2) is 70.8 Å². The molecule has 0 spiro atoms. The first-order chi connectivity index (χ1) is 22.9. The topological polar surface area (TPSA) is 84.8 Å². The van der Waals surface area contributed by atoms with E-state index in [0.717, 1.165) is 66.5 Å². The molecule has 3 aliphatic heterocycles. The van der Waals surface area contributed by atoms with Gasteiger partial charge in [-0.2, -0.15) is 11.8 Å². The minimum Gasteiger partial charge on any atom is -0.488 e. The van der Waals surface area contributed by atoms with Gasteiger partial charge in [0.05, 0.1) is 41.5 Å². The van der Waals surface area contributed by atoms with Gasteiger partial charge in [0, 0.05) is 69.0 Å². The standard InChI is InChI=1S/C36H41FN6O3S/c1-23-22-46-36-33(25-9-13-47-14-10-25)30(37)16-29-34(36)43(23)20-26(35(29)44)19-42(18-24-8-11-39-32(15-24)45-3)28-5-4-12-41(21-28)27-6-7-31(38-2)40-17-27/h6-9,11,15-17,20,23,28H,4-5,10,12-14,18-19,21-22H2,1-3H3,(H,38,40). The molecular weight excluding hydrogens is 616 g/mol. The molecule has 0 saturated carbocycles. The summed E-state index contributed by atoms with van der Waals surface area (Å²) in [7, 11) is 3.48. The summed E-state index contributed by atoms with van der Waals surface area (Å²) in [4.78, 5) is 27.9. The third-order valence-electron chi connectivity index (χ3n) is 9.57. The number of ether oxygens (including phenoxy) is 2. The highest BCUT2D eigenvalue weighted by Crippen LogP contribution is 2.42. The molecule has 3 aromatic heterocycles. The largest absolute Gasteiger partial charge is 0.488 e. The van der Waals surface area contributed by atoms with Crippen LogP contribution in [0.15, 0.2) is 59.8 Å². The zero-order valence-electron chi connectivity index (χ0n) is 27.2. The molecule has 0 aliphatic carbocycles. The Morgan fingerprint density at radius 2 is 2.11 bits per heavy atom. The number of methoxy groups -OCH3 is 1. The highest BCUT2D eigenvalue weighted by molar-refractivity contribution is 7.99. The molecule has 11 heteroatoms. The second-order valence-electron chi connectivity index (χ2n) is 12.6. The van der Waals surface area contributed by atoms with Gasteiger partial charge in [-0.25, -0.2) is 14.4 Å². The second kappa shape index (κ2) is 13.6. The van der Waals surface area contributed by atoms with Crippen molar-refractivity contribution in [1.29, 1.82) is 0 Å². The van der Waals surface area contributed by atoms with E-state index in [4.69, 9.17) is 9.47 Å². The van der Waals surface area contributed by atoms with Crippen LogP contribution in [0.25, 0.3) is 16.5 Å². The number of nitrogens with one attached hydrogen (secondary N) is 1. The van der Waals surface area contributed by atoms with Gasteiger partial charge in [-0.15, -0.1) is 0 Å². The number of halogens is 1. The van der Waals surface area contributed by atoms with Gasteiger partial charge in [0.15, 0.2) is 11.2 Å². The number of benzene rings is 1. The van der Waals surface area contributed by atoms with E-state index in [0.29, 0.717) is 53.4 Å². The molecule has 7 rings (SSSR count). The van der Waals surface area contributed by atoms with Crippen molar-refractivity contribution in [2.75, 3.05) is 55.6 Å². The molecule has 3 aliphatic rings. The predicted octanol–water partition coefficient (Wildman–Crippen LogP) is 6.13. The number of allylic oxidation sites excluding steroid dienone is 1. The average molecular weight is 657 g/mol. The van der Waals surface area contributed by atoms with Gasteiger partial charge in [-0.1, -0.05) is 6.08 Å². The van der Waals surface area contributed by atoms with Crippen LogP contribution in [0.5, 0.6) is 11.6 Å². The number of anilines is 2. The van der Waals surface area contributed by atoms with Gasteiger partial charge in [0.25, 0.3) is 0 Å². The maximum Gasteiger partial charge on any atom is 0.213 e. The molecule has 4 aromatic rings. The summed E-state index contributed by atoms with van der Waals surface area (Å²) in [5, 5.41) is 3.47. The van der Waals surface area contributed by atoms with Gasteiger partial charge in [-0.05, 0) is 67.3 Å². The molecule has 47 heavy (non-hydrogen) atoms. The Kier molecular flexibility index (Phi) is 9.09. The van der Waals surface area contributed by atoms with Crippen LogP contribution >= 0.6 is 11.8 Å². The van der Waals surface area contributed by atoms with Gasteiger partial charge in [0.1, 0.15) is 18.2 Å². The Bertz CT molecular complexity index is 1860. The number of rotatable bonds is 9. The molecule has 1 saturated heterocycles. The maximum atomic E-state index is 16.0. The van der Waals surface area contributed by atoms with E-state index in [1.807, 2.05) is 49.4 Å². The number of hydrogen-bond donors (Lipinski definition) is 1. The minimum atomic E-state index is -0.387. The zero-order chi connectivity index (χ0) is 32.5. The fourth-order valence-electron chi connectivity index (χ4n) is 7.08. The van der Waals surface area contributed by atoms with Gasteiger partial charge in [-0.3, -0.25) is 9.69 Å². The first kappa shape index (κ1) is 31.5. The smallest absolute Gasteiger partial charge is 0.213 e. The first-order valence-electron chi connectivity index (χ1n) is 16.4. The van der Waals surface area contributed by atoms with E-state index in [1.54, 1.807) is 13.3 Å². The molecule has 1 fully saturated rings. The molecule has 6 heterocycles. The molecule has 1 N–H and O–H groups in total. The Morgan fingerprint density at radius 3 is 2.87 bits per heavy atom. The molecule has 0 amide bonds. The van der Waals surface area contributed by atoms with Crippen LogP contribution in [0.4, 0.5) is 15.9 Å². The monoisotopic (exact) mass is 656 g/mol. The van der Waals surface area contributed by atoms with Crippen LogP contribution in [0, 0.1) is 5.82 Å². The Hall–Kier alpha value is -4.09. The van der Waals surface area contributed by atoms with Crippen molar-refractivity contribution in [3.8, 4) is 11.6 Å². The van der Waals surface area contributed by atoms with Crippen molar-refractivity contribution >= 4 is 39.7 Å². The molecule has 0 radical (unpaired) electrons. The molecule has 2 unspecified atom stereocenters. The van der Waals surface area contributed by atoms with Crippen LogP contribution in [0.2, 0.25) is 0 Å². The van der Waals surface area contributed by atoms with Crippen molar-refractivity contribution in [3.05, 3.63) is 87.7 Å². The summed E-state index contributed by atoms with van der Waals surface area (Å²) in [5.41, 5.74) is 4.80. The summed E-state index contributed by atoms with van der Waals surface area (Å²) in [6.45, 7) is 5.27. The highest BCUT2D eigenvalue weighted by atomic mass is 32.2. The van der Waals surface area contributed by atoms with E-state index in [1.165, 1.54) is 6.07 Å². The lowest BCUT2D eigenvalue weighted by Gasteiger charge is -2.40. The number of aromatic nitrogens is 3. The summed E-state index contributed by atoms with van der Waals surface area (Å²) in [5.74, 6) is 3.30. The van der Waals surface area contributed by atoms with E-state index in [2.05, 4.69) is 48.7 Å². The molecule has 0 bridgehead atoms. The number of pyridine rings is 3. The normalized spacial score (nSPS) is 19.4. The average Bonchev–Trinajstić information content (AvgIpc) is 3.11. The Balaban J connectivity index is 1.28. The van der Waals surface area contributed by atoms with Crippen LogP contribution in [0.3, 0.4) is 0 Å². The number of thioether (sulfide) groups is 1.